The summed E-state index contributed by atoms with van der Waals surface area (Å²) >= 11 is 0. The van der Waals surface area contributed by atoms with Crippen molar-refractivity contribution in [3.63, 3.8) is 0 Å². The predicted molar refractivity (Wildman–Crippen MR) is 66.7 cm³/mol. The molecule has 106 valence electrons. The van der Waals surface area contributed by atoms with E-state index < -0.39 is 22.9 Å². The summed E-state index contributed by atoms with van der Waals surface area (Å²) in [7, 11) is -1.40. The van der Waals surface area contributed by atoms with Crippen molar-refractivity contribution >= 4 is 11.0 Å². The number of nitrogens with two attached hydrogens (primary N) is 1. The highest BCUT2D eigenvalue weighted by Crippen LogP contribution is 2.38. The average molecular weight is 292 g/mol. The molecule has 0 spiro atoms. The Labute approximate surface area is 112 Å². The van der Waals surface area contributed by atoms with Gasteiger partial charge in [-0.2, -0.15) is 13.2 Å². The van der Waals surface area contributed by atoms with Gasteiger partial charge in [0, 0.05) is 10.9 Å². The Hall–Kier alpha value is -0.950. The minimum Gasteiger partial charge on any atom is -0.252 e. The molecular formula is C12H15F3N2OS. The number of hydrogen-bond donors (Lipinski definition) is 1. The largest absolute Gasteiger partial charge is 0.433 e. The van der Waals surface area contributed by atoms with Crippen LogP contribution in [-0.2, 0) is 23.6 Å². The summed E-state index contributed by atoms with van der Waals surface area (Å²) in [5.41, 5.74) is 0.502. The fraction of sp³-hybridized carbons (Fsp3) is 0.583. The van der Waals surface area contributed by atoms with Gasteiger partial charge in [0.2, 0.25) is 0 Å². The number of nitrogens with zero attached hydrogens (tertiary/aromatic N) is 1. The maximum absolute atomic E-state index is 12.6. The number of alkyl halides is 3. The van der Waals surface area contributed by atoms with Crippen molar-refractivity contribution in [2.45, 2.75) is 43.5 Å². The zero-order chi connectivity index (χ0) is 14.2. The lowest BCUT2D eigenvalue weighted by Gasteiger charge is -2.15. The summed E-state index contributed by atoms with van der Waals surface area (Å²) in [6, 6.07) is 2.51. The first-order valence-corrected chi connectivity index (χ1v) is 7.28. The van der Waals surface area contributed by atoms with Crippen molar-refractivity contribution in [3.05, 3.63) is 29.1 Å². The summed E-state index contributed by atoms with van der Waals surface area (Å²) in [5, 5.41) is 5.15. The molecule has 0 aromatic carbocycles. The lowest BCUT2D eigenvalue weighted by atomic mass is 9.97. The van der Waals surface area contributed by atoms with E-state index in [-0.39, 0.29) is 11.2 Å². The van der Waals surface area contributed by atoms with E-state index in [0.717, 1.165) is 18.1 Å². The Morgan fingerprint density at radius 2 is 2.21 bits per heavy atom. The third kappa shape index (κ3) is 3.14. The van der Waals surface area contributed by atoms with Crippen molar-refractivity contribution in [1.29, 1.82) is 0 Å². The fourth-order valence-corrected chi connectivity index (χ4v) is 2.87. The Balaban J connectivity index is 2.20. The monoisotopic (exact) mass is 292 g/mol. The molecule has 0 fully saturated rings. The SMILES string of the molecule is CC(C[C@H]1CCc2nc(C(F)(F)F)ccc21)S(N)=O. The van der Waals surface area contributed by atoms with Crippen LogP contribution < -0.4 is 5.14 Å². The highest BCUT2D eigenvalue weighted by Gasteiger charge is 2.35. The number of rotatable bonds is 3. The second-order valence-corrected chi connectivity index (χ2v) is 6.30. The number of pyridine rings is 1. The van der Waals surface area contributed by atoms with Crippen LogP contribution in [0.4, 0.5) is 13.2 Å². The fourth-order valence-electron chi connectivity index (χ4n) is 2.45. The van der Waals surface area contributed by atoms with E-state index >= 15 is 0 Å². The molecule has 3 nitrogen and oxygen atoms in total. The van der Waals surface area contributed by atoms with Gasteiger partial charge in [0.25, 0.3) is 0 Å². The molecule has 2 N–H and O–H groups in total. The van der Waals surface area contributed by atoms with Crippen molar-refractivity contribution in [2.24, 2.45) is 5.14 Å². The van der Waals surface area contributed by atoms with Gasteiger partial charge >= 0.3 is 6.18 Å². The quantitative estimate of drug-likeness (QED) is 0.930. The van der Waals surface area contributed by atoms with Gasteiger partial charge in [0.05, 0.1) is 11.0 Å². The van der Waals surface area contributed by atoms with Gasteiger partial charge in [0.1, 0.15) is 5.69 Å². The number of fused-ring (bicyclic) bond motifs is 1. The Morgan fingerprint density at radius 3 is 2.79 bits per heavy atom. The van der Waals surface area contributed by atoms with Gasteiger partial charge in [-0.05, 0) is 43.7 Å². The highest BCUT2D eigenvalue weighted by molar-refractivity contribution is 7.83. The molecule has 0 aliphatic heterocycles. The zero-order valence-corrected chi connectivity index (χ0v) is 11.2. The molecule has 1 aliphatic carbocycles. The van der Waals surface area contributed by atoms with Crippen LogP contribution in [-0.4, -0.2) is 14.4 Å². The van der Waals surface area contributed by atoms with Gasteiger partial charge in [-0.1, -0.05) is 6.07 Å². The van der Waals surface area contributed by atoms with E-state index in [2.05, 4.69) is 4.98 Å². The Bertz CT molecular complexity index is 504. The first-order valence-electron chi connectivity index (χ1n) is 6.01. The smallest absolute Gasteiger partial charge is 0.252 e. The van der Waals surface area contributed by atoms with Gasteiger partial charge in [-0.15, -0.1) is 0 Å². The average Bonchev–Trinajstić information content (AvgIpc) is 2.70. The van der Waals surface area contributed by atoms with Gasteiger partial charge in [0.15, 0.2) is 0 Å². The van der Waals surface area contributed by atoms with Crippen LogP contribution in [0, 0.1) is 0 Å². The molecule has 0 bridgehead atoms. The van der Waals surface area contributed by atoms with Gasteiger partial charge in [-0.3, -0.25) is 5.14 Å². The molecule has 0 radical (unpaired) electrons. The Morgan fingerprint density at radius 1 is 1.53 bits per heavy atom. The maximum atomic E-state index is 12.6. The molecule has 2 rings (SSSR count). The molecule has 7 heteroatoms. The first-order chi connectivity index (χ1) is 8.79. The van der Waals surface area contributed by atoms with Crippen molar-refractivity contribution < 1.29 is 17.4 Å². The maximum Gasteiger partial charge on any atom is 0.433 e. The molecule has 19 heavy (non-hydrogen) atoms. The summed E-state index contributed by atoms with van der Waals surface area (Å²) in [6.45, 7) is 1.78. The van der Waals surface area contributed by atoms with Gasteiger partial charge < -0.3 is 0 Å². The van der Waals surface area contributed by atoms with Crippen LogP contribution in [0.2, 0.25) is 0 Å². The van der Waals surface area contributed by atoms with E-state index in [0.29, 0.717) is 18.5 Å². The van der Waals surface area contributed by atoms with Crippen LogP contribution in [0.1, 0.15) is 42.6 Å². The molecule has 0 saturated heterocycles. The van der Waals surface area contributed by atoms with E-state index in [9.17, 15) is 17.4 Å². The third-order valence-corrected chi connectivity index (χ3v) is 4.47. The van der Waals surface area contributed by atoms with Crippen molar-refractivity contribution in [3.8, 4) is 0 Å². The molecule has 1 heterocycles. The summed E-state index contributed by atoms with van der Waals surface area (Å²) in [5.74, 6) is 0.104. The number of aryl methyl sites for hydroxylation is 1. The highest BCUT2D eigenvalue weighted by atomic mass is 32.2. The van der Waals surface area contributed by atoms with Gasteiger partial charge in [-0.25, -0.2) is 9.19 Å². The molecule has 2 unspecified atom stereocenters. The lowest BCUT2D eigenvalue weighted by molar-refractivity contribution is -0.141. The molecular weight excluding hydrogens is 277 g/mol. The third-order valence-electron chi connectivity index (χ3n) is 3.48. The molecule has 1 aliphatic rings. The first kappa shape index (κ1) is 14.5. The van der Waals surface area contributed by atoms with Crippen LogP contribution in [0.25, 0.3) is 0 Å². The van der Waals surface area contributed by atoms with Crippen LogP contribution >= 0.6 is 0 Å². The molecule has 1 aromatic heterocycles. The van der Waals surface area contributed by atoms with Crippen molar-refractivity contribution in [2.75, 3.05) is 0 Å². The molecule has 0 saturated carbocycles. The zero-order valence-electron chi connectivity index (χ0n) is 10.4. The summed E-state index contributed by atoms with van der Waals surface area (Å²) in [4.78, 5) is 3.69. The van der Waals surface area contributed by atoms with E-state index in [1.165, 1.54) is 6.07 Å². The summed E-state index contributed by atoms with van der Waals surface area (Å²) < 4.78 is 48.8. The van der Waals surface area contributed by atoms with E-state index in [4.69, 9.17) is 5.14 Å². The number of aromatic nitrogens is 1. The van der Waals surface area contributed by atoms with E-state index in [1.807, 2.05) is 0 Å². The normalized spacial score (nSPS) is 22.1. The topological polar surface area (TPSA) is 56.0 Å². The van der Waals surface area contributed by atoms with E-state index in [1.54, 1.807) is 6.92 Å². The van der Waals surface area contributed by atoms with Crippen LogP contribution in [0.3, 0.4) is 0 Å². The Kier molecular flexibility index (Phi) is 3.96. The van der Waals surface area contributed by atoms with Crippen molar-refractivity contribution in [1.82, 2.24) is 4.98 Å². The number of hydrogen-bond acceptors (Lipinski definition) is 2. The standard InChI is InChI=1S/C12H15F3N2OS/c1-7(19(16)18)6-8-2-4-10-9(8)3-5-11(17-10)12(13,14)15/h3,5,7-8H,2,4,6,16H2,1H3/t7?,8-,19?/m1/s1. The molecule has 3 atom stereocenters. The lowest BCUT2D eigenvalue weighted by Crippen LogP contribution is -2.20. The van der Waals surface area contributed by atoms with Crippen LogP contribution in [0.15, 0.2) is 12.1 Å². The minimum absolute atomic E-state index is 0.104. The summed E-state index contributed by atoms with van der Waals surface area (Å²) in [6.07, 6.45) is -2.51. The molecule has 1 aromatic rings. The predicted octanol–water partition coefficient (Wildman–Crippen LogP) is 2.53. The second kappa shape index (κ2) is 5.20. The molecule has 0 amide bonds. The minimum atomic E-state index is -4.40. The van der Waals surface area contributed by atoms with Crippen LogP contribution in [0.5, 0.6) is 0 Å². The second-order valence-electron chi connectivity index (χ2n) is 4.84. The number of halogens is 3.